The molecular weight excluding hydrogens is 482 g/mol. The Morgan fingerprint density at radius 3 is 2.61 bits per heavy atom. The van der Waals surface area contributed by atoms with Gasteiger partial charge in [-0.05, 0) is 60.9 Å². The lowest BCUT2D eigenvalue weighted by molar-refractivity contribution is -0.137. The molecule has 0 spiro atoms. The third kappa shape index (κ3) is 4.56. The maximum absolute atomic E-state index is 11.1. The molecule has 0 fully saturated rings. The van der Waals surface area contributed by atoms with E-state index in [1.54, 1.807) is 6.26 Å². The van der Waals surface area contributed by atoms with Gasteiger partial charge in [0.1, 0.15) is 36.2 Å². The molecule has 2 aliphatic rings. The topological polar surface area (TPSA) is 90.2 Å². The molecule has 0 amide bonds. The predicted octanol–water partition coefficient (Wildman–Crippen LogP) is 6.64. The van der Waals surface area contributed by atoms with Crippen molar-refractivity contribution in [3.05, 3.63) is 94.9 Å². The zero-order chi connectivity index (χ0) is 26.2. The maximum Gasteiger partial charge on any atom is 0.304 e. The van der Waals surface area contributed by atoms with Crippen molar-refractivity contribution in [3.8, 4) is 28.4 Å². The van der Waals surface area contributed by atoms with Crippen molar-refractivity contribution in [2.45, 2.75) is 38.8 Å². The number of anilines is 1. The monoisotopic (exact) mass is 511 g/mol. The molecule has 7 heteroatoms. The highest BCUT2D eigenvalue weighted by Crippen LogP contribution is 2.45. The molecule has 0 aliphatic carbocycles. The van der Waals surface area contributed by atoms with Crippen molar-refractivity contribution in [2.24, 2.45) is 0 Å². The molecular formula is C31H29NO6. The van der Waals surface area contributed by atoms with Crippen LogP contribution in [0.4, 0.5) is 5.69 Å². The van der Waals surface area contributed by atoms with Crippen LogP contribution in [-0.4, -0.2) is 24.3 Å². The van der Waals surface area contributed by atoms with Crippen molar-refractivity contribution in [1.82, 2.24) is 0 Å². The quantitative estimate of drug-likeness (QED) is 0.274. The summed E-state index contributed by atoms with van der Waals surface area (Å²) in [5.41, 5.74) is 7.39. The second-order valence-electron chi connectivity index (χ2n) is 9.89. The Balaban J connectivity index is 1.22. The number of aliphatic carboxylic acids is 1. The number of para-hydroxylation sites is 1. The molecule has 2 unspecified atom stereocenters. The van der Waals surface area contributed by atoms with Gasteiger partial charge in [-0.2, -0.15) is 0 Å². The fourth-order valence-corrected chi connectivity index (χ4v) is 5.49. The minimum absolute atomic E-state index is 0.0178. The molecule has 1 aromatic heterocycles. The summed E-state index contributed by atoms with van der Waals surface area (Å²) in [6.07, 6.45) is 1.72. The number of nitrogens with one attached hydrogen (secondary N) is 1. The number of carbonyl (C=O) groups is 1. The summed E-state index contributed by atoms with van der Waals surface area (Å²) in [4.78, 5) is 11.1. The number of carboxylic acid groups (broad SMARTS) is 1. The van der Waals surface area contributed by atoms with E-state index in [0.29, 0.717) is 19.8 Å². The number of benzene rings is 3. The molecule has 3 aromatic carbocycles. The molecule has 38 heavy (non-hydrogen) atoms. The van der Waals surface area contributed by atoms with Gasteiger partial charge in [-0.3, -0.25) is 4.79 Å². The van der Waals surface area contributed by atoms with Gasteiger partial charge in [0, 0.05) is 34.4 Å². The van der Waals surface area contributed by atoms with E-state index < -0.39 is 5.97 Å². The molecule has 3 heterocycles. The molecule has 2 aliphatic heterocycles. The van der Waals surface area contributed by atoms with Crippen LogP contribution in [0, 0.1) is 13.8 Å². The first-order chi connectivity index (χ1) is 18.5. The molecule has 194 valence electrons. The number of hydrogen-bond donors (Lipinski definition) is 2. The Kier molecular flexibility index (Phi) is 6.19. The van der Waals surface area contributed by atoms with E-state index in [2.05, 4.69) is 49.5 Å². The van der Waals surface area contributed by atoms with Gasteiger partial charge in [0.25, 0.3) is 0 Å². The lowest BCUT2D eigenvalue weighted by Gasteiger charge is -2.17. The maximum atomic E-state index is 11.1. The normalized spacial score (nSPS) is 17.3. The van der Waals surface area contributed by atoms with Crippen molar-refractivity contribution in [1.29, 1.82) is 0 Å². The number of aryl methyl sites for hydroxylation is 2. The van der Waals surface area contributed by atoms with Crippen LogP contribution in [0.15, 0.2) is 71.3 Å². The first kappa shape index (κ1) is 24.0. The molecule has 7 nitrogen and oxygen atoms in total. The summed E-state index contributed by atoms with van der Waals surface area (Å²) in [5, 5.41) is 12.7. The summed E-state index contributed by atoms with van der Waals surface area (Å²) in [6, 6.07) is 20.0. The fraction of sp³-hybridized carbons (Fsp3) is 0.258. The zero-order valence-electron chi connectivity index (χ0n) is 21.3. The van der Waals surface area contributed by atoms with E-state index in [-0.39, 0.29) is 18.4 Å². The van der Waals surface area contributed by atoms with Crippen molar-refractivity contribution < 1.29 is 28.5 Å². The van der Waals surface area contributed by atoms with Crippen LogP contribution >= 0.6 is 0 Å². The minimum atomic E-state index is -0.814. The predicted molar refractivity (Wildman–Crippen MR) is 143 cm³/mol. The Labute approximate surface area is 221 Å². The first-order valence-electron chi connectivity index (χ1n) is 12.7. The van der Waals surface area contributed by atoms with Crippen LogP contribution in [0.5, 0.6) is 17.2 Å². The Bertz CT molecular complexity index is 1470. The second-order valence-corrected chi connectivity index (χ2v) is 9.89. The highest BCUT2D eigenvalue weighted by Gasteiger charge is 2.30. The van der Waals surface area contributed by atoms with Gasteiger partial charge in [-0.15, -0.1) is 0 Å². The second kappa shape index (κ2) is 9.82. The largest absolute Gasteiger partial charge is 0.493 e. The Hall–Kier alpha value is -4.39. The van der Waals surface area contributed by atoms with Crippen LogP contribution in [-0.2, 0) is 11.4 Å². The Morgan fingerprint density at radius 1 is 1.00 bits per heavy atom. The van der Waals surface area contributed by atoms with Gasteiger partial charge < -0.3 is 29.1 Å². The number of fused-ring (bicyclic) bond motifs is 2. The van der Waals surface area contributed by atoms with Crippen molar-refractivity contribution in [2.75, 3.05) is 18.5 Å². The number of rotatable bonds is 8. The zero-order valence-corrected chi connectivity index (χ0v) is 21.3. The molecule has 0 saturated heterocycles. The van der Waals surface area contributed by atoms with Crippen molar-refractivity contribution in [3.63, 3.8) is 0 Å². The molecule has 2 N–H and O–H groups in total. The number of ether oxygens (including phenoxy) is 3. The van der Waals surface area contributed by atoms with E-state index >= 15 is 0 Å². The lowest BCUT2D eigenvalue weighted by Crippen LogP contribution is -2.11. The SMILES string of the molecule is Cc1cc(OCc2ccco2)cc(C)c1-c1cccc2c1OCC2Nc1ccc2c(c1)OCC2CC(=O)O. The molecule has 0 radical (unpaired) electrons. The van der Waals surface area contributed by atoms with Gasteiger partial charge in [0.15, 0.2) is 0 Å². The minimum Gasteiger partial charge on any atom is -0.493 e. The lowest BCUT2D eigenvalue weighted by atomic mass is 9.92. The van der Waals surface area contributed by atoms with E-state index in [1.807, 2.05) is 30.3 Å². The highest BCUT2D eigenvalue weighted by atomic mass is 16.5. The Morgan fingerprint density at radius 2 is 1.84 bits per heavy atom. The fourth-order valence-electron chi connectivity index (χ4n) is 5.49. The molecule has 0 saturated carbocycles. The summed E-state index contributed by atoms with van der Waals surface area (Å²) < 4.78 is 23.4. The average Bonchev–Trinajstić information content (AvgIpc) is 3.64. The standard InChI is InChI=1S/C31H29NO6/c1-18-11-23(36-16-22-5-4-10-35-22)12-19(2)30(18)26-7-3-6-25-27(17-38-31(25)26)32-21-8-9-24-20(13-29(33)34)15-37-28(24)14-21/h3-12,14,20,27,32H,13,15-17H2,1-2H3,(H,33,34). The molecule has 0 bridgehead atoms. The summed E-state index contributed by atoms with van der Waals surface area (Å²) >= 11 is 0. The highest BCUT2D eigenvalue weighted by molar-refractivity contribution is 5.79. The van der Waals surface area contributed by atoms with Gasteiger partial charge in [-0.1, -0.05) is 24.3 Å². The molecule has 2 atom stereocenters. The third-order valence-electron chi connectivity index (χ3n) is 7.21. The van der Waals surface area contributed by atoms with Gasteiger partial charge in [-0.25, -0.2) is 0 Å². The van der Waals surface area contributed by atoms with Crippen LogP contribution in [0.25, 0.3) is 11.1 Å². The van der Waals surface area contributed by atoms with Gasteiger partial charge in [0.2, 0.25) is 0 Å². The van der Waals surface area contributed by atoms with Gasteiger partial charge >= 0.3 is 5.97 Å². The van der Waals surface area contributed by atoms with E-state index in [1.165, 1.54) is 0 Å². The summed E-state index contributed by atoms with van der Waals surface area (Å²) in [5.74, 6) is 2.30. The van der Waals surface area contributed by atoms with E-state index in [0.717, 1.165) is 62.1 Å². The smallest absolute Gasteiger partial charge is 0.304 e. The molecule has 6 rings (SSSR count). The number of hydrogen-bond acceptors (Lipinski definition) is 6. The number of carboxylic acids is 1. The van der Waals surface area contributed by atoms with Crippen LogP contribution in [0.2, 0.25) is 0 Å². The van der Waals surface area contributed by atoms with Crippen LogP contribution < -0.4 is 19.5 Å². The van der Waals surface area contributed by atoms with Crippen molar-refractivity contribution >= 4 is 11.7 Å². The van der Waals surface area contributed by atoms with Crippen LogP contribution in [0.3, 0.4) is 0 Å². The third-order valence-corrected chi connectivity index (χ3v) is 7.21. The number of furan rings is 1. The summed E-state index contributed by atoms with van der Waals surface area (Å²) in [6.45, 7) is 5.47. The van der Waals surface area contributed by atoms with Gasteiger partial charge in [0.05, 0.1) is 25.3 Å². The first-order valence-corrected chi connectivity index (χ1v) is 12.7. The average molecular weight is 512 g/mol. The summed E-state index contributed by atoms with van der Waals surface area (Å²) in [7, 11) is 0. The van der Waals surface area contributed by atoms with E-state index in [9.17, 15) is 4.79 Å². The van der Waals surface area contributed by atoms with E-state index in [4.69, 9.17) is 23.7 Å². The van der Waals surface area contributed by atoms with Crippen LogP contribution in [0.1, 0.15) is 46.4 Å². The molecule has 4 aromatic rings.